The van der Waals surface area contributed by atoms with E-state index in [-0.39, 0.29) is 23.8 Å². The lowest BCUT2D eigenvalue weighted by Crippen LogP contribution is -2.27. The van der Waals surface area contributed by atoms with Crippen molar-refractivity contribution < 1.29 is 32.3 Å². The Labute approximate surface area is 208 Å². The standard InChI is InChI=1S/C25H25N3O7S/c1-34-22-10-6-5-9-21(22)28-25(31)18-11-13-19(14-12-18)27-23(29)17-35-24(30)15-16-26-36(32,33)20-7-3-2-4-8-20/h2-14,26H,15-17H2,1H3,(H,27,29)(H,28,31). The van der Waals surface area contributed by atoms with Gasteiger partial charge in [0.05, 0.1) is 24.1 Å². The molecule has 10 nitrogen and oxygen atoms in total. The van der Waals surface area contributed by atoms with E-state index in [2.05, 4.69) is 15.4 Å². The van der Waals surface area contributed by atoms with Gasteiger partial charge in [0.1, 0.15) is 5.75 Å². The molecule has 0 spiro atoms. The van der Waals surface area contributed by atoms with Crippen LogP contribution in [-0.2, 0) is 24.3 Å². The van der Waals surface area contributed by atoms with E-state index < -0.39 is 28.5 Å². The first-order valence-electron chi connectivity index (χ1n) is 10.8. The Bertz CT molecular complexity index is 1310. The van der Waals surface area contributed by atoms with Crippen LogP contribution in [0.4, 0.5) is 11.4 Å². The normalized spacial score (nSPS) is 10.8. The van der Waals surface area contributed by atoms with Gasteiger partial charge in [-0.2, -0.15) is 0 Å². The molecule has 3 aromatic carbocycles. The zero-order valence-corrected chi connectivity index (χ0v) is 20.2. The minimum absolute atomic E-state index is 0.0843. The second-order valence-corrected chi connectivity index (χ2v) is 9.17. The van der Waals surface area contributed by atoms with Gasteiger partial charge >= 0.3 is 5.97 Å². The van der Waals surface area contributed by atoms with Crippen LogP contribution in [0.2, 0.25) is 0 Å². The third-order valence-corrected chi connectivity index (χ3v) is 6.30. The minimum atomic E-state index is -3.73. The summed E-state index contributed by atoms with van der Waals surface area (Å²) in [7, 11) is -2.22. The maximum Gasteiger partial charge on any atom is 0.307 e. The van der Waals surface area contributed by atoms with Crippen LogP contribution in [0.25, 0.3) is 0 Å². The molecule has 0 atom stereocenters. The van der Waals surface area contributed by atoms with Crippen molar-refractivity contribution in [1.29, 1.82) is 0 Å². The Balaban J connectivity index is 1.41. The van der Waals surface area contributed by atoms with Gasteiger partial charge in [-0.25, -0.2) is 13.1 Å². The summed E-state index contributed by atoms with van der Waals surface area (Å²) in [4.78, 5) is 36.5. The summed E-state index contributed by atoms with van der Waals surface area (Å²) in [6, 6.07) is 20.9. The summed E-state index contributed by atoms with van der Waals surface area (Å²) in [6.45, 7) is -0.712. The van der Waals surface area contributed by atoms with Crippen LogP contribution >= 0.6 is 0 Å². The molecule has 0 aliphatic carbocycles. The van der Waals surface area contributed by atoms with E-state index in [4.69, 9.17) is 9.47 Å². The number of sulfonamides is 1. The molecule has 11 heteroatoms. The van der Waals surface area contributed by atoms with Gasteiger partial charge in [-0.15, -0.1) is 0 Å². The molecule has 3 rings (SSSR count). The fourth-order valence-electron chi connectivity index (χ4n) is 3.03. The van der Waals surface area contributed by atoms with Gasteiger partial charge in [-0.3, -0.25) is 14.4 Å². The average molecular weight is 512 g/mol. The van der Waals surface area contributed by atoms with Crippen LogP contribution < -0.4 is 20.1 Å². The van der Waals surface area contributed by atoms with E-state index in [0.29, 0.717) is 22.7 Å². The highest BCUT2D eigenvalue weighted by molar-refractivity contribution is 7.89. The van der Waals surface area contributed by atoms with Crippen molar-refractivity contribution in [1.82, 2.24) is 4.72 Å². The highest BCUT2D eigenvalue weighted by Crippen LogP contribution is 2.23. The van der Waals surface area contributed by atoms with Crippen molar-refractivity contribution in [3.8, 4) is 5.75 Å². The van der Waals surface area contributed by atoms with Gasteiger partial charge < -0.3 is 20.1 Å². The van der Waals surface area contributed by atoms with Crippen molar-refractivity contribution in [2.24, 2.45) is 0 Å². The monoisotopic (exact) mass is 511 g/mol. The molecular weight excluding hydrogens is 486 g/mol. The molecule has 0 heterocycles. The lowest BCUT2D eigenvalue weighted by molar-refractivity contribution is -0.147. The molecule has 0 radical (unpaired) electrons. The Hall–Kier alpha value is -4.22. The fraction of sp³-hybridized carbons (Fsp3) is 0.160. The summed E-state index contributed by atoms with van der Waals surface area (Å²) >= 11 is 0. The Morgan fingerprint density at radius 2 is 1.50 bits per heavy atom. The molecule has 3 aromatic rings. The number of benzene rings is 3. The van der Waals surface area contributed by atoms with Gasteiger partial charge in [0.2, 0.25) is 10.0 Å². The molecule has 0 saturated heterocycles. The number of para-hydroxylation sites is 2. The zero-order valence-electron chi connectivity index (χ0n) is 19.4. The number of methoxy groups -OCH3 is 1. The lowest BCUT2D eigenvalue weighted by atomic mass is 10.2. The molecule has 3 N–H and O–H groups in total. The molecule has 0 aliphatic heterocycles. The van der Waals surface area contributed by atoms with E-state index in [0.717, 1.165) is 0 Å². The number of esters is 1. The molecule has 0 fully saturated rings. The number of anilines is 2. The number of hydrogen-bond donors (Lipinski definition) is 3. The van der Waals surface area contributed by atoms with Gasteiger partial charge in [0.15, 0.2) is 6.61 Å². The number of hydrogen-bond acceptors (Lipinski definition) is 7. The van der Waals surface area contributed by atoms with Gasteiger partial charge in [-0.05, 0) is 48.5 Å². The van der Waals surface area contributed by atoms with Crippen LogP contribution in [-0.4, -0.2) is 46.5 Å². The van der Waals surface area contributed by atoms with Gasteiger partial charge in [0, 0.05) is 17.8 Å². The number of amides is 2. The first-order valence-corrected chi connectivity index (χ1v) is 12.3. The van der Waals surface area contributed by atoms with Crippen LogP contribution in [0, 0.1) is 0 Å². The van der Waals surface area contributed by atoms with Crippen molar-refractivity contribution in [2.45, 2.75) is 11.3 Å². The highest BCUT2D eigenvalue weighted by atomic mass is 32.2. The number of ether oxygens (including phenoxy) is 2. The van der Waals surface area contributed by atoms with Gasteiger partial charge in [-0.1, -0.05) is 30.3 Å². The first kappa shape index (κ1) is 26.4. The summed E-state index contributed by atoms with van der Waals surface area (Å²) in [5.74, 6) is -1.14. The molecule has 0 aromatic heterocycles. The smallest absolute Gasteiger partial charge is 0.307 e. The third-order valence-electron chi connectivity index (χ3n) is 4.82. The lowest BCUT2D eigenvalue weighted by Gasteiger charge is -2.10. The van der Waals surface area contributed by atoms with E-state index in [1.165, 1.54) is 43.5 Å². The van der Waals surface area contributed by atoms with Gasteiger partial charge in [0.25, 0.3) is 11.8 Å². The Kier molecular flexibility index (Phi) is 9.14. The minimum Gasteiger partial charge on any atom is -0.495 e. The predicted octanol–water partition coefficient (Wildman–Crippen LogP) is 2.80. The van der Waals surface area contributed by atoms with E-state index in [1.807, 2.05) is 0 Å². The topological polar surface area (TPSA) is 140 Å². The number of nitrogens with one attached hydrogen (secondary N) is 3. The maximum atomic E-state index is 12.5. The van der Waals surface area contributed by atoms with Crippen molar-refractivity contribution in [3.63, 3.8) is 0 Å². The molecule has 0 unspecified atom stereocenters. The fourth-order valence-corrected chi connectivity index (χ4v) is 4.09. The summed E-state index contributed by atoms with van der Waals surface area (Å²) < 4.78 is 36.6. The molecule has 36 heavy (non-hydrogen) atoms. The van der Waals surface area contributed by atoms with Crippen molar-refractivity contribution in [2.75, 3.05) is 30.9 Å². The summed E-state index contributed by atoms with van der Waals surface area (Å²) in [5.41, 5.74) is 1.29. The van der Waals surface area contributed by atoms with E-state index in [9.17, 15) is 22.8 Å². The average Bonchev–Trinajstić information content (AvgIpc) is 2.88. The maximum absolute atomic E-state index is 12.5. The second kappa shape index (κ2) is 12.5. The largest absolute Gasteiger partial charge is 0.495 e. The summed E-state index contributed by atoms with van der Waals surface area (Å²) in [6.07, 6.45) is -0.241. The van der Waals surface area contributed by atoms with Crippen LogP contribution in [0.5, 0.6) is 5.75 Å². The highest BCUT2D eigenvalue weighted by Gasteiger charge is 2.15. The van der Waals surface area contributed by atoms with E-state index >= 15 is 0 Å². The van der Waals surface area contributed by atoms with Crippen LogP contribution in [0.1, 0.15) is 16.8 Å². The number of rotatable bonds is 11. The molecule has 2 amide bonds. The summed E-state index contributed by atoms with van der Waals surface area (Å²) in [5, 5.41) is 5.31. The zero-order chi connectivity index (χ0) is 26.0. The van der Waals surface area contributed by atoms with Crippen LogP contribution in [0.15, 0.2) is 83.8 Å². The molecule has 188 valence electrons. The Morgan fingerprint density at radius 1 is 0.833 bits per heavy atom. The second-order valence-electron chi connectivity index (χ2n) is 7.40. The first-order chi connectivity index (χ1) is 17.3. The van der Waals surface area contributed by atoms with Crippen LogP contribution in [0.3, 0.4) is 0 Å². The predicted molar refractivity (Wildman–Crippen MR) is 133 cm³/mol. The van der Waals surface area contributed by atoms with Crippen molar-refractivity contribution >= 4 is 39.2 Å². The van der Waals surface area contributed by atoms with Crippen molar-refractivity contribution in [3.05, 3.63) is 84.4 Å². The number of carbonyl (C=O) groups is 3. The molecule has 0 saturated carbocycles. The SMILES string of the molecule is COc1ccccc1NC(=O)c1ccc(NC(=O)COC(=O)CCNS(=O)(=O)c2ccccc2)cc1. The molecule has 0 bridgehead atoms. The quantitative estimate of drug-likeness (QED) is 0.336. The molecule has 0 aliphatic rings. The Morgan fingerprint density at radius 3 is 2.19 bits per heavy atom. The number of carbonyl (C=O) groups excluding carboxylic acids is 3. The van der Waals surface area contributed by atoms with E-state index in [1.54, 1.807) is 42.5 Å². The molecular formula is C25H25N3O7S. The third kappa shape index (κ3) is 7.65.